The Labute approximate surface area is 104 Å². The molecule has 0 bridgehead atoms. The van der Waals surface area contributed by atoms with Gasteiger partial charge < -0.3 is 0 Å². The molecule has 0 fully saturated rings. The average Bonchev–Trinajstić information content (AvgIpc) is 2.49. The zero-order chi connectivity index (χ0) is 13.9. The van der Waals surface area contributed by atoms with Crippen molar-refractivity contribution in [3.8, 4) is 0 Å². The van der Waals surface area contributed by atoms with Crippen LogP contribution in [0.2, 0.25) is 0 Å². The number of tetrazole rings is 1. The van der Waals surface area contributed by atoms with E-state index in [-0.39, 0.29) is 16.7 Å². The van der Waals surface area contributed by atoms with Crippen LogP contribution in [-0.4, -0.2) is 26.0 Å². The predicted octanol–water partition coefficient (Wildman–Crippen LogP) is 2.36. The lowest BCUT2D eigenvalue weighted by molar-refractivity contribution is -0.124. The second-order valence-corrected chi connectivity index (χ2v) is 6.11. The first-order valence-electron chi connectivity index (χ1n) is 5.72. The molecule has 0 saturated carbocycles. The number of hydrogen-bond acceptors (Lipinski definition) is 4. The van der Waals surface area contributed by atoms with E-state index in [0.717, 1.165) is 5.82 Å². The largest absolute Gasteiger partial charge is 0.299 e. The minimum absolute atomic E-state index is 0.00637. The van der Waals surface area contributed by atoms with E-state index in [9.17, 15) is 4.79 Å². The molecule has 0 radical (unpaired) electrons. The summed E-state index contributed by atoms with van der Waals surface area (Å²) in [5, 5.41) is 11.2. The van der Waals surface area contributed by atoms with E-state index < -0.39 is 0 Å². The third kappa shape index (κ3) is 5.56. The van der Waals surface area contributed by atoms with Gasteiger partial charge >= 0.3 is 0 Å². The Kier molecular flexibility index (Phi) is 4.98. The molecule has 1 aromatic heterocycles. The predicted molar refractivity (Wildman–Crippen MR) is 67.7 cm³/mol. The summed E-state index contributed by atoms with van der Waals surface area (Å²) in [6.45, 7) is 15.4. The van der Waals surface area contributed by atoms with Crippen LogP contribution in [0.1, 0.15) is 54.3 Å². The molecule has 1 heterocycles. The van der Waals surface area contributed by atoms with Gasteiger partial charge in [0.05, 0.1) is 5.54 Å². The van der Waals surface area contributed by atoms with Crippen molar-refractivity contribution in [2.45, 2.75) is 60.9 Å². The normalized spacial score (nSPS) is 11.8. The molecule has 0 N–H and O–H groups in total. The van der Waals surface area contributed by atoms with Gasteiger partial charge in [-0.25, -0.2) is 4.68 Å². The quantitative estimate of drug-likeness (QED) is 0.698. The van der Waals surface area contributed by atoms with Crippen molar-refractivity contribution < 1.29 is 4.79 Å². The fraction of sp³-hybridized carbons (Fsp3) is 0.833. The number of carbonyl (C=O) groups excluding carboxylic acids is 1. The smallest absolute Gasteiger partial charge is 0.148 e. The number of carbonyl (C=O) groups is 1. The number of rotatable bonds is 0. The summed E-state index contributed by atoms with van der Waals surface area (Å²) < 4.78 is 1.80. The van der Waals surface area contributed by atoms with Crippen molar-refractivity contribution in [1.82, 2.24) is 20.2 Å². The van der Waals surface area contributed by atoms with Gasteiger partial charge in [-0.05, 0) is 45.0 Å². The average molecular weight is 240 g/mol. The van der Waals surface area contributed by atoms with E-state index in [4.69, 9.17) is 0 Å². The number of Topliss-reactive ketones (excluding diaryl/α,β-unsaturated/α-hetero) is 1. The molecule has 0 amide bonds. The molecular formula is C12H24N4O. The van der Waals surface area contributed by atoms with E-state index in [2.05, 4.69) is 36.3 Å². The highest BCUT2D eigenvalue weighted by atomic mass is 16.1. The maximum atomic E-state index is 10.5. The molecular weight excluding hydrogens is 216 g/mol. The van der Waals surface area contributed by atoms with Crippen LogP contribution in [0, 0.1) is 12.3 Å². The highest BCUT2D eigenvalue weighted by Crippen LogP contribution is 2.12. The Morgan fingerprint density at radius 1 is 1.12 bits per heavy atom. The zero-order valence-corrected chi connectivity index (χ0v) is 12.2. The minimum atomic E-state index is -0.139. The molecule has 5 heteroatoms. The van der Waals surface area contributed by atoms with Crippen LogP contribution in [-0.2, 0) is 10.3 Å². The van der Waals surface area contributed by atoms with Crippen LogP contribution >= 0.6 is 0 Å². The number of nitrogens with zero attached hydrogens (tertiary/aromatic N) is 4. The van der Waals surface area contributed by atoms with Crippen LogP contribution in [0.25, 0.3) is 0 Å². The lowest BCUT2D eigenvalue weighted by Crippen LogP contribution is -2.24. The third-order valence-corrected chi connectivity index (χ3v) is 2.32. The van der Waals surface area contributed by atoms with Gasteiger partial charge in [0, 0.05) is 5.41 Å². The molecule has 0 saturated heterocycles. The second kappa shape index (κ2) is 5.38. The first-order chi connectivity index (χ1) is 7.46. The molecule has 1 rings (SSSR count). The molecule has 0 aliphatic rings. The Hall–Kier alpha value is -1.26. The van der Waals surface area contributed by atoms with Gasteiger partial charge in [-0.15, -0.1) is 5.10 Å². The van der Waals surface area contributed by atoms with Crippen molar-refractivity contribution >= 4 is 5.78 Å². The fourth-order valence-corrected chi connectivity index (χ4v) is 0.851. The van der Waals surface area contributed by atoms with Gasteiger partial charge in [-0.2, -0.15) is 0 Å². The lowest BCUT2D eigenvalue weighted by Gasteiger charge is -2.18. The van der Waals surface area contributed by atoms with Gasteiger partial charge in [0.15, 0.2) is 0 Å². The highest BCUT2D eigenvalue weighted by molar-refractivity contribution is 5.80. The van der Waals surface area contributed by atoms with Crippen LogP contribution in [0.5, 0.6) is 0 Å². The summed E-state index contributed by atoms with van der Waals surface area (Å²) in [5.74, 6) is 1.10. The molecule has 0 aliphatic heterocycles. The SMILES string of the molecule is CC(=O)C(C)(C)C.Cc1nnnn1C(C)(C)C. The summed E-state index contributed by atoms with van der Waals surface area (Å²) in [5.41, 5.74) is -0.145. The van der Waals surface area contributed by atoms with E-state index >= 15 is 0 Å². The topological polar surface area (TPSA) is 60.7 Å². The van der Waals surface area contributed by atoms with Crippen molar-refractivity contribution in [2.24, 2.45) is 5.41 Å². The van der Waals surface area contributed by atoms with Gasteiger partial charge in [0.25, 0.3) is 0 Å². The molecule has 0 unspecified atom stereocenters. The van der Waals surface area contributed by atoms with Gasteiger partial charge in [-0.1, -0.05) is 20.8 Å². The summed E-state index contributed by atoms with van der Waals surface area (Å²) in [6.07, 6.45) is 0. The third-order valence-electron chi connectivity index (χ3n) is 2.32. The van der Waals surface area contributed by atoms with E-state index in [1.165, 1.54) is 0 Å². The number of hydrogen-bond donors (Lipinski definition) is 0. The Morgan fingerprint density at radius 3 is 1.65 bits per heavy atom. The van der Waals surface area contributed by atoms with Crippen LogP contribution in [0.15, 0.2) is 0 Å². The second-order valence-electron chi connectivity index (χ2n) is 6.11. The lowest BCUT2D eigenvalue weighted by atomic mass is 9.92. The summed E-state index contributed by atoms with van der Waals surface area (Å²) >= 11 is 0. The molecule has 0 aromatic carbocycles. The van der Waals surface area contributed by atoms with E-state index in [1.54, 1.807) is 11.6 Å². The monoisotopic (exact) mass is 240 g/mol. The maximum absolute atomic E-state index is 10.5. The molecule has 98 valence electrons. The van der Waals surface area contributed by atoms with Gasteiger partial charge in [-0.3, -0.25) is 4.79 Å². The number of aromatic nitrogens is 4. The van der Waals surface area contributed by atoms with Crippen molar-refractivity contribution in [1.29, 1.82) is 0 Å². The molecule has 0 aliphatic carbocycles. The van der Waals surface area contributed by atoms with Crippen molar-refractivity contribution in [3.05, 3.63) is 5.82 Å². The molecule has 1 aromatic rings. The standard InChI is InChI=1S/C6H12N4.C6H12O/c1-5-7-8-9-10(5)6(2,3)4;1-5(7)6(2,3)4/h1-4H3;1-4H3. The molecule has 17 heavy (non-hydrogen) atoms. The van der Waals surface area contributed by atoms with Crippen molar-refractivity contribution in [2.75, 3.05) is 0 Å². The number of aryl methyl sites for hydroxylation is 1. The van der Waals surface area contributed by atoms with Gasteiger partial charge in [0.2, 0.25) is 0 Å². The molecule has 5 nitrogen and oxygen atoms in total. The minimum Gasteiger partial charge on any atom is -0.299 e. The Balaban J connectivity index is 0.000000325. The van der Waals surface area contributed by atoms with Crippen molar-refractivity contribution in [3.63, 3.8) is 0 Å². The first-order valence-corrected chi connectivity index (χ1v) is 5.72. The maximum Gasteiger partial charge on any atom is 0.148 e. The Morgan fingerprint density at radius 2 is 1.53 bits per heavy atom. The first kappa shape index (κ1) is 15.7. The van der Waals surface area contributed by atoms with E-state index in [1.807, 2.05) is 27.7 Å². The van der Waals surface area contributed by atoms with E-state index in [0.29, 0.717) is 0 Å². The van der Waals surface area contributed by atoms with Crippen LogP contribution in [0.3, 0.4) is 0 Å². The molecule has 0 spiro atoms. The number of ketones is 1. The highest BCUT2D eigenvalue weighted by Gasteiger charge is 2.16. The Bertz CT molecular complexity index is 369. The van der Waals surface area contributed by atoms with Crippen LogP contribution < -0.4 is 0 Å². The van der Waals surface area contributed by atoms with Crippen LogP contribution in [0.4, 0.5) is 0 Å². The van der Waals surface area contributed by atoms with Gasteiger partial charge in [0.1, 0.15) is 11.6 Å². The fourth-order valence-electron chi connectivity index (χ4n) is 0.851. The summed E-state index contributed by atoms with van der Waals surface area (Å²) in [4.78, 5) is 10.5. The molecule has 0 atom stereocenters. The summed E-state index contributed by atoms with van der Waals surface area (Å²) in [6, 6.07) is 0. The zero-order valence-electron chi connectivity index (χ0n) is 12.2. The summed E-state index contributed by atoms with van der Waals surface area (Å²) in [7, 11) is 0.